The molecular formula is C16H14N4O. The van der Waals surface area contributed by atoms with Gasteiger partial charge >= 0.3 is 6.03 Å². The summed E-state index contributed by atoms with van der Waals surface area (Å²) >= 11 is 0. The summed E-state index contributed by atoms with van der Waals surface area (Å²) in [6.07, 6.45) is 3.31. The second-order valence-electron chi connectivity index (χ2n) is 4.55. The van der Waals surface area contributed by atoms with Gasteiger partial charge in [0.1, 0.15) is 0 Å². The van der Waals surface area contributed by atoms with Crippen molar-refractivity contribution in [2.24, 2.45) is 0 Å². The van der Waals surface area contributed by atoms with E-state index in [4.69, 9.17) is 0 Å². The molecule has 0 saturated carbocycles. The topological polar surface area (TPSA) is 66.9 Å². The van der Waals surface area contributed by atoms with Gasteiger partial charge in [-0.05, 0) is 29.8 Å². The van der Waals surface area contributed by atoms with Gasteiger partial charge in [-0.1, -0.05) is 24.3 Å². The molecule has 0 unspecified atom stereocenters. The number of nitrogens with one attached hydrogen (secondary N) is 2. The number of carbonyl (C=O) groups excluding carboxylic acids is 1. The molecule has 0 bridgehead atoms. The van der Waals surface area contributed by atoms with Crippen LogP contribution < -0.4 is 10.6 Å². The molecule has 0 saturated heterocycles. The van der Waals surface area contributed by atoms with Crippen LogP contribution in [0.4, 0.5) is 10.5 Å². The predicted octanol–water partition coefficient (Wildman–Crippen LogP) is 2.95. The fraction of sp³-hybridized carbons (Fsp3) is 0.0625. The third-order valence-electron chi connectivity index (χ3n) is 3.02. The number of para-hydroxylation sites is 1. The van der Waals surface area contributed by atoms with Gasteiger partial charge in [0.25, 0.3) is 0 Å². The van der Waals surface area contributed by atoms with Crippen LogP contribution in [-0.4, -0.2) is 16.0 Å². The van der Waals surface area contributed by atoms with Crippen LogP contribution in [0.15, 0.2) is 60.9 Å². The smallest absolute Gasteiger partial charge is 0.319 e. The van der Waals surface area contributed by atoms with E-state index in [9.17, 15) is 4.79 Å². The SMILES string of the molecule is O=C(NCc1ccc2nccnc2c1)Nc1ccccc1. The Balaban J connectivity index is 1.62. The molecule has 0 atom stereocenters. The molecule has 0 aliphatic rings. The maximum atomic E-state index is 11.8. The van der Waals surface area contributed by atoms with E-state index in [2.05, 4.69) is 20.6 Å². The second-order valence-corrected chi connectivity index (χ2v) is 4.55. The summed E-state index contributed by atoms with van der Waals surface area (Å²) in [7, 11) is 0. The number of nitrogens with zero attached hydrogens (tertiary/aromatic N) is 2. The van der Waals surface area contributed by atoms with E-state index in [1.165, 1.54) is 0 Å². The van der Waals surface area contributed by atoms with E-state index in [0.29, 0.717) is 6.54 Å². The zero-order chi connectivity index (χ0) is 14.5. The first-order valence-corrected chi connectivity index (χ1v) is 6.61. The molecule has 5 nitrogen and oxygen atoms in total. The number of aromatic nitrogens is 2. The van der Waals surface area contributed by atoms with Gasteiger partial charge in [0.2, 0.25) is 0 Å². The van der Waals surface area contributed by atoms with Crippen LogP contribution in [0.1, 0.15) is 5.56 Å². The summed E-state index contributed by atoms with van der Waals surface area (Å²) in [6, 6.07) is 14.8. The van der Waals surface area contributed by atoms with Crippen molar-refractivity contribution < 1.29 is 4.79 Å². The first-order chi connectivity index (χ1) is 10.3. The van der Waals surface area contributed by atoms with Crippen LogP contribution in [0.25, 0.3) is 11.0 Å². The van der Waals surface area contributed by atoms with Crippen molar-refractivity contribution in [1.29, 1.82) is 0 Å². The molecule has 2 aromatic carbocycles. The molecule has 3 aromatic rings. The number of carbonyl (C=O) groups is 1. The van der Waals surface area contributed by atoms with Crippen molar-refractivity contribution in [2.75, 3.05) is 5.32 Å². The first kappa shape index (κ1) is 13.1. The number of hydrogen-bond acceptors (Lipinski definition) is 3. The van der Waals surface area contributed by atoms with E-state index in [1.807, 2.05) is 48.5 Å². The summed E-state index contributed by atoms with van der Waals surface area (Å²) in [6.45, 7) is 0.436. The highest BCUT2D eigenvalue weighted by atomic mass is 16.2. The van der Waals surface area contributed by atoms with Gasteiger partial charge in [-0.25, -0.2) is 4.79 Å². The minimum absolute atomic E-state index is 0.236. The fourth-order valence-electron chi connectivity index (χ4n) is 2.00. The molecule has 0 spiro atoms. The van der Waals surface area contributed by atoms with Crippen LogP contribution >= 0.6 is 0 Å². The number of rotatable bonds is 3. The minimum atomic E-state index is -0.236. The Labute approximate surface area is 122 Å². The number of benzene rings is 2. The van der Waals surface area contributed by atoms with Crippen molar-refractivity contribution in [1.82, 2.24) is 15.3 Å². The number of amides is 2. The van der Waals surface area contributed by atoms with Gasteiger partial charge in [0.15, 0.2) is 0 Å². The Bertz CT molecular complexity index is 758. The van der Waals surface area contributed by atoms with Gasteiger partial charge in [-0.15, -0.1) is 0 Å². The highest BCUT2D eigenvalue weighted by Crippen LogP contribution is 2.11. The van der Waals surface area contributed by atoms with Crippen molar-refractivity contribution in [2.45, 2.75) is 6.54 Å². The normalized spacial score (nSPS) is 10.3. The summed E-state index contributed by atoms with van der Waals surface area (Å²) in [5, 5.41) is 5.59. The largest absolute Gasteiger partial charge is 0.334 e. The van der Waals surface area contributed by atoms with Gasteiger partial charge in [0.05, 0.1) is 11.0 Å². The predicted molar refractivity (Wildman–Crippen MR) is 81.8 cm³/mol. The monoisotopic (exact) mass is 278 g/mol. The Morgan fingerprint density at radius 3 is 2.52 bits per heavy atom. The van der Waals surface area contributed by atoms with Crippen molar-refractivity contribution in [3.63, 3.8) is 0 Å². The van der Waals surface area contributed by atoms with E-state index >= 15 is 0 Å². The van der Waals surface area contributed by atoms with E-state index in [0.717, 1.165) is 22.3 Å². The lowest BCUT2D eigenvalue weighted by Gasteiger charge is -2.08. The number of anilines is 1. The molecule has 104 valence electrons. The van der Waals surface area contributed by atoms with Crippen molar-refractivity contribution in [3.8, 4) is 0 Å². The second kappa shape index (κ2) is 6.00. The molecule has 2 amide bonds. The average Bonchev–Trinajstić information content (AvgIpc) is 2.54. The zero-order valence-corrected chi connectivity index (χ0v) is 11.3. The molecular weight excluding hydrogens is 264 g/mol. The van der Waals surface area contributed by atoms with Gasteiger partial charge in [-0.2, -0.15) is 0 Å². The van der Waals surface area contributed by atoms with Crippen LogP contribution in [0, 0.1) is 0 Å². The number of hydrogen-bond donors (Lipinski definition) is 2. The van der Waals surface area contributed by atoms with E-state index < -0.39 is 0 Å². The van der Waals surface area contributed by atoms with Crippen molar-refractivity contribution in [3.05, 3.63) is 66.5 Å². The molecule has 2 N–H and O–H groups in total. The van der Waals surface area contributed by atoms with E-state index in [1.54, 1.807) is 12.4 Å². The first-order valence-electron chi connectivity index (χ1n) is 6.61. The molecule has 0 aliphatic heterocycles. The zero-order valence-electron chi connectivity index (χ0n) is 11.3. The number of urea groups is 1. The average molecular weight is 278 g/mol. The fourth-order valence-corrected chi connectivity index (χ4v) is 2.00. The molecule has 1 heterocycles. The highest BCUT2D eigenvalue weighted by Gasteiger charge is 2.02. The molecule has 21 heavy (non-hydrogen) atoms. The lowest BCUT2D eigenvalue weighted by Crippen LogP contribution is -2.28. The molecule has 0 fully saturated rings. The summed E-state index contributed by atoms with van der Waals surface area (Å²) in [5.74, 6) is 0. The standard InChI is InChI=1S/C16H14N4O/c21-16(20-13-4-2-1-3-5-13)19-11-12-6-7-14-15(10-12)18-9-8-17-14/h1-10H,11H2,(H2,19,20,21). The third kappa shape index (κ3) is 3.33. The molecule has 5 heteroatoms. The Morgan fingerprint density at radius 2 is 1.71 bits per heavy atom. The van der Waals surface area contributed by atoms with Crippen molar-refractivity contribution >= 4 is 22.8 Å². The van der Waals surface area contributed by atoms with Crippen LogP contribution in [0.3, 0.4) is 0 Å². The van der Waals surface area contributed by atoms with Crippen LogP contribution in [0.5, 0.6) is 0 Å². The van der Waals surface area contributed by atoms with Gasteiger partial charge in [0, 0.05) is 24.6 Å². The Kier molecular flexibility index (Phi) is 3.73. The number of fused-ring (bicyclic) bond motifs is 1. The molecule has 0 aliphatic carbocycles. The summed E-state index contributed by atoms with van der Waals surface area (Å²) in [5.41, 5.74) is 3.40. The molecule has 1 aromatic heterocycles. The summed E-state index contributed by atoms with van der Waals surface area (Å²) < 4.78 is 0. The van der Waals surface area contributed by atoms with Gasteiger partial charge < -0.3 is 10.6 Å². The summed E-state index contributed by atoms with van der Waals surface area (Å²) in [4.78, 5) is 20.3. The maximum Gasteiger partial charge on any atom is 0.319 e. The van der Waals surface area contributed by atoms with E-state index in [-0.39, 0.29) is 6.03 Å². The highest BCUT2D eigenvalue weighted by molar-refractivity contribution is 5.89. The lowest BCUT2D eigenvalue weighted by molar-refractivity contribution is 0.251. The van der Waals surface area contributed by atoms with Gasteiger partial charge in [-0.3, -0.25) is 9.97 Å². The minimum Gasteiger partial charge on any atom is -0.334 e. The lowest BCUT2D eigenvalue weighted by atomic mass is 10.2. The van der Waals surface area contributed by atoms with Crippen LogP contribution in [0.2, 0.25) is 0 Å². The van der Waals surface area contributed by atoms with Crippen LogP contribution in [-0.2, 0) is 6.54 Å². The molecule has 0 radical (unpaired) electrons. The Hall–Kier alpha value is -2.95. The maximum absolute atomic E-state index is 11.8. The third-order valence-corrected chi connectivity index (χ3v) is 3.02. The molecule has 3 rings (SSSR count). The quantitative estimate of drug-likeness (QED) is 0.774. The Morgan fingerprint density at radius 1 is 0.952 bits per heavy atom.